The zero-order chi connectivity index (χ0) is 13.6. The molecule has 1 saturated heterocycles. The van der Waals surface area contributed by atoms with E-state index in [1.54, 1.807) is 12.3 Å². The summed E-state index contributed by atoms with van der Waals surface area (Å²) in [4.78, 5) is 3.11. The van der Waals surface area contributed by atoms with Crippen molar-refractivity contribution in [3.63, 3.8) is 0 Å². The van der Waals surface area contributed by atoms with E-state index in [1.807, 2.05) is 12.1 Å². The van der Waals surface area contributed by atoms with E-state index in [9.17, 15) is 10.2 Å². The SMILES string of the molecule is Nc1ccc2[nH]cc([C@@H]3N[C@@H](CO)[C@H](O)[C@H]3O)c2c1. The van der Waals surface area contributed by atoms with Gasteiger partial charge < -0.3 is 31.4 Å². The Hall–Kier alpha value is -1.60. The predicted molar refractivity (Wildman–Crippen MR) is 71.5 cm³/mol. The summed E-state index contributed by atoms with van der Waals surface area (Å²) in [7, 11) is 0. The third-order valence-electron chi connectivity index (χ3n) is 3.77. The van der Waals surface area contributed by atoms with E-state index in [-0.39, 0.29) is 6.61 Å². The van der Waals surface area contributed by atoms with Crippen molar-refractivity contribution in [1.82, 2.24) is 10.3 Å². The number of aromatic nitrogens is 1. The van der Waals surface area contributed by atoms with Crippen LogP contribution in [0.1, 0.15) is 11.6 Å². The van der Waals surface area contributed by atoms with Crippen molar-refractivity contribution in [3.8, 4) is 0 Å². The summed E-state index contributed by atoms with van der Waals surface area (Å²) in [6.07, 6.45) is -0.157. The van der Waals surface area contributed by atoms with Crippen LogP contribution < -0.4 is 11.1 Å². The number of aliphatic hydroxyl groups excluding tert-OH is 3. The van der Waals surface area contributed by atoms with Crippen molar-refractivity contribution in [2.24, 2.45) is 0 Å². The molecule has 0 bridgehead atoms. The zero-order valence-corrected chi connectivity index (χ0v) is 10.2. The Balaban J connectivity index is 2.03. The highest BCUT2D eigenvalue weighted by Gasteiger charge is 2.42. The van der Waals surface area contributed by atoms with E-state index in [4.69, 9.17) is 10.8 Å². The Morgan fingerprint density at radius 3 is 2.68 bits per heavy atom. The van der Waals surface area contributed by atoms with Crippen molar-refractivity contribution in [2.75, 3.05) is 12.3 Å². The Morgan fingerprint density at radius 2 is 2.00 bits per heavy atom. The molecule has 1 aliphatic heterocycles. The molecule has 102 valence electrons. The molecule has 7 N–H and O–H groups in total. The highest BCUT2D eigenvalue weighted by molar-refractivity contribution is 5.86. The molecule has 3 rings (SSSR count). The maximum absolute atomic E-state index is 10.1. The molecule has 2 aromatic rings. The maximum atomic E-state index is 10.1. The van der Waals surface area contributed by atoms with Crippen molar-refractivity contribution >= 4 is 16.6 Å². The van der Waals surface area contributed by atoms with Gasteiger partial charge in [-0.15, -0.1) is 0 Å². The van der Waals surface area contributed by atoms with Crippen LogP contribution in [0, 0.1) is 0 Å². The summed E-state index contributed by atoms with van der Waals surface area (Å²) < 4.78 is 0. The molecular formula is C13H17N3O3. The second kappa shape index (κ2) is 4.50. The number of aliphatic hydroxyl groups is 3. The van der Waals surface area contributed by atoms with Crippen LogP contribution in [0.2, 0.25) is 0 Å². The molecule has 0 unspecified atom stereocenters. The molecule has 0 saturated carbocycles. The Bertz CT molecular complexity index is 598. The molecule has 6 heteroatoms. The molecule has 2 heterocycles. The molecule has 4 atom stereocenters. The number of rotatable bonds is 2. The number of nitrogen functional groups attached to an aromatic ring is 1. The second-order valence-corrected chi connectivity index (χ2v) is 4.96. The molecule has 6 nitrogen and oxygen atoms in total. The van der Waals surface area contributed by atoms with E-state index in [2.05, 4.69) is 10.3 Å². The lowest BCUT2D eigenvalue weighted by atomic mass is 10.0. The first-order valence-corrected chi connectivity index (χ1v) is 6.21. The first kappa shape index (κ1) is 12.4. The van der Waals surface area contributed by atoms with E-state index in [0.29, 0.717) is 5.69 Å². The highest BCUT2D eigenvalue weighted by atomic mass is 16.3. The third kappa shape index (κ3) is 1.89. The minimum atomic E-state index is -0.985. The lowest BCUT2D eigenvalue weighted by Gasteiger charge is -2.15. The van der Waals surface area contributed by atoms with Crippen LogP contribution in [0.25, 0.3) is 10.9 Å². The number of anilines is 1. The summed E-state index contributed by atoms with van der Waals surface area (Å²) in [5.41, 5.74) is 8.17. The first-order valence-electron chi connectivity index (χ1n) is 6.21. The monoisotopic (exact) mass is 263 g/mol. The van der Waals surface area contributed by atoms with Crippen LogP contribution in [-0.4, -0.2) is 45.2 Å². The quantitative estimate of drug-likeness (QED) is 0.408. The van der Waals surface area contributed by atoms with E-state index < -0.39 is 24.3 Å². The Morgan fingerprint density at radius 1 is 1.21 bits per heavy atom. The standard InChI is InChI=1S/C13H17N3O3/c14-6-1-2-9-7(3-6)8(4-15-9)11-13(19)12(18)10(5-17)16-11/h1-4,10-13,15-19H,5,14H2/t10-,11-,12-,13-/m0/s1. The van der Waals surface area contributed by atoms with E-state index in [0.717, 1.165) is 16.5 Å². The van der Waals surface area contributed by atoms with Gasteiger partial charge in [-0.1, -0.05) is 0 Å². The largest absolute Gasteiger partial charge is 0.399 e. The fourth-order valence-corrected chi connectivity index (χ4v) is 2.71. The number of hydrogen-bond donors (Lipinski definition) is 6. The molecule has 1 aromatic carbocycles. The van der Waals surface area contributed by atoms with Crippen LogP contribution in [0.3, 0.4) is 0 Å². The fraction of sp³-hybridized carbons (Fsp3) is 0.385. The molecule has 1 aromatic heterocycles. The zero-order valence-electron chi connectivity index (χ0n) is 10.2. The molecule has 0 radical (unpaired) electrons. The lowest BCUT2D eigenvalue weighted by molar-refractivity contribution is 0.0196. The van der Waals surface area contributed by atoms with Gasteiger partial charge in [-0.25, -0.2) is 0 Å². The number of hydrogen-bond acceptors (Lipinski definition) is 5. The number of nitrogens with two attached hydrogens (primary N) is 1. The molecule has 1 fully saturated rings. The van der Waals surface area contributed by atoms with Crippen molar-refractivity contribution in [3.05, 3.63) is 30.0 Å². The average molecular weight is 263 g/mol. The summed E-state index contributed by atoms with van der Waals surface area (Å²) >= 11 is 0. The second-order valence-electron chi connectivity index (χ2n) is 4.96. The minimum absolute atomic E-state index is 0.223. The molecular weight excluding hydrogens is 246 g/mol. The van der Waals surface area contributed by atoms with Gasteiger partial charge in [0.05, 0.1) is 24.8 Å². The van der Waals surface area contributed by atoms with Gasteiger partial charge in [0.25, 0.3) is 0 Å². The van der Waals surface area contributed by atoms with Crippen LogP contribution >= 0.6 is 0 Å². The first-order chi connectivity index (χ1) is 9.11. The number of H-pyrrole nitrogens is 1. The smallest absolute Gasteiger partial charge is 0.101 e. The van der Waals surface area contributed by atoms with Gasteiger partial charge in [0.1, 0.15) is 6.10 Å². The number of benzene rings is 1. The number of nitrogens with one attached hydrogen (secondary N) is 2. The minimum Gasteiger partial charge on any atom is -0.399 e. The Kier molecular flexibility index (Phi) is 2.94. The van der Waals surface area contributed by atoms with Gasteiger partial charge in [-0.3, -0.25) is 0 Å². The predicted octanol–water partition coefficient (Wildman–Crippen LogP) is -0.523. The summed E-state index contributed by atoms with van der Waals surface area (Å²) in [6.45, 7) is -0.223. The van der Waals surface area contributed by atoms with Gasteiger partial charge in [0, 0.05) is 22.8 Å². The third-order valence-corrected chi connectivity index (χ3v) is 3.77. The fourth-order valence-electron chi connectivity index (χ4n) is 2.71. The number of aromatic amines is 1. The summed E-state index contributed by atoms with van der Waals surface area (Å²) in [6, 6.07) is 4.55. The van der Waals surface area contributed by atoms with Crippen LogP contribution in [0.5, 0.6) is 0 Å². The highest BCUT2D eigenvalue weighted by Crippen LogP contribution is 2.33. The van der Waals surface area contributed by atoms with Crippen LogP contribution in [-0.2, 0) is 0 Å². The topological polar surface area (TPSA) is 115 Å². The molecule has 19 heavy (non-hydrogen) atoms. The average Bonchev–Trinajstić information content (AvgIpc) is 2.92. The summed E-state index contributed by atoms with van der Waals surface area (Å²) in [5.74, 6) is 0. The number of fused-ring (bicyclic) bond motifs is 1. The van der Waals surface area contributed by atoms with Crippen LogP contribution in [0.15, 0.2) is 24.4 Å². The normalized spacial score (nSPS) is 31.1. The van der Waals surface area contributed by atoms with Gasteiger partial charge in [0.15, 0.2) is 0 Å². The maximum Gasteiger partial charge on any atom is 0.101 e. The van der Waals surface area contributed by atoms with Crippen molar-refractivity contribution in [1.29, 1.82) is 0 Å². The van der Waals surface area contributed by atoms with Gasteiger partial charge in [0.2, 0.25) is 0 Å². The molecule has 1 aliphatic rings. The Labute approximate surface area is 109 Å². The van der Waals surface area contributed by atoms with Crippen molar-refractivity contribution in [2.45, 2.75) is 24.3 Å². The van der Waals surface area contributed by atoms with Gasteiger partial charge in [-0.05, 0) is 23.8 Å². The van der Waals surface area contributed by atoms with E-state index in [1.165, 1.54) is 0 Å². The van der Waals surface area contributed by atoms with Crippen LogP contribution in [0.4, 0.5) is 5.69 Å². The summed E-state index contributed by atoms with van der Waals surface area (Å²) in [5, 5.41) is 33.1. The lowest BCUT2D eigenvalue weighted by Crippen LogP contribution is -2.35. The molecule has 0 aliphatic carbocycles. The van der Waals surface area contributed by atoms with Gasteiger partial charge in [-0.2, -0.15) is 0 Å². The molecule has 0 spiro atoms. The van der Waals surface area contributed by atoms with E-state index >= 15 is 0 Å². The van der Waals surface area contributed by atoms with Crippen molar-refractivity contribution < 1.29 is 15.3 Å². The van der Waals surface area contributed by atoms with Gasteiger partial charge >= 0.3 is 0 Å². The molecule has 0 amide bonds.